The van der Waals surface area contributed by atoms with Gasteiger partial charge in [-0.25, -0.2) is 0 Å². The predicted octanol–water partition coefficient (Wildman–Crippen LogP) is 0.437. The van der Waals surface area contributed by atoms with Gasteiger partial charge in [0.15, 0.2) is 0 Å². The maximum Gasteiger partial charge on any atom is 0.220 e. The highest BCUT2D eigenvalue weighted by atomic mass is 16.2. The third kappa shape index (κ3) is 8.34. The summed E-state index contributed by atoms with van der Waals surface area (Å²) in [6.07, 6.45) is 3.05. The van der Waals surface area contributed by atoms with Crippen molar-refractivity contribution in [3.05, 3.63) is 0 Å². The normalized spacial score (nSPS) is 16.5. The summed E-state index contributed by atoms with van der Waals surface area (Å²) >= 11 is 0. The van der Waals surface area contributed by atoms with Gasteiger partial charge in [-0.1, -0.05) is 13.8 Å². The first kappa shape index (κ1) is 18.9. The maximum atomic E-state index is 11.4. The van der Waals surface area contributed by atoms with Gasteiger partial charge in [0.05, 0.1) is 0 Å². The Bertz CT molecular complexity index is 296. The van der Waals surface area contributed by atoms with E-state index < -0.39 is 0 Å². The van der Waals surface area contributed by atoms with Gasteiger partial charge in [0, 0.05) is 65.2 Å². The number of carbonyl (C=O) groups is 2. The smallest absolute Gasteiger partial charge is 0.220 e. The summed E-state index contributed by atoms with van der Waals surface area (Å²) in [6, 6.07) is 0. The predicted molar refractivity (Wildman–Crippen MR) is 88.7 cm³/mol. The van der Waals surface area contributed by atoms with Crippen LogP contribution in [0.5, 0.6) is 0 Å². The second kappa shape index (κ2) is 11.4. The largest absolute Gasteiger partial charge is 0.355 e. The molecule has 1 rings (SSSR count). The molecule has 0 spiro atoms. The Morgan fingerprint density at radius 3 is 1.45 bits per heavy atom. The summed E-state index contributed by atoms with van der Waals surface area (Å²) in [4.78, 5) is 27.5. The quantitative estimate of drug-likeness (QED) is 0.614. The number of nitrogens with one attached hydrogen (secondary N) is 2. The number of rotatable bonds is 10. The topological polar surface area (TPSA) is 64.7 Å². The zero-order valence-corrected chi connectivity index (χ0v) is 14.2. The van der Waals surface area contributed by atoms with Gasteiger partial charge in [-0.2, -0.15) is 0 Å². The Labute approximate surface area is 134 Å². The van der Waals surface area contributed by atoms with Gasteiger partial charge in [-0.3, -0.25) is 19.4 Å². The molecule has 0 aromatic rings. The monoisotopic (exact) mass is 312 g/mol. The van der Waals surface area contributed by atoms with Crippen molar-refractivity contribution in [2.24, 2.45) is 0 Å². The van der Waals surface area contributed by atoms with Crippen molar-refractivity contribution in [3.63, 3.8) is 0 Å². The third-order valence-corrected chi connectivity index (χ3v) is 3.92. The maximum absolute atomic E-state index is 11.4. The molecule has 0 atom stereocenters. The van der Waals surface area contributed by atoms with Crippen LogP contribution in [0.3, 0.4) is 0 Å². The molecule has 2 amide bonds. The Kier molecular flexibility index (Phi) is 9.82. The fourth-order valence-electron chi connectivity index (χ4n) is 2.57. The van der Waals surface area contributed by atoms with Gasteiger partial charge < -0.3 is 10.6 Å². The van der Waals surface area contributed by atoms with Crippen LogP contribution in [-0.2, 0) is 9.59 Å². The second-order valence-electron chi connectivity index (χ2n) is 5.88. The van der Waals surface area contributed by atoms with E-state index in [2.05, 4.69) is 20.4 Å². The summed E-state index contributed by atoms with van der Waals surface area (Å²) in [5, 5.41) is 5.92. The lowest BCUT2D eigenvalue weighted by atomic mass is 10.3. The molecule has 0 aromatic heterocycles. The van der Waals surface area contributed by atoms with E-state index in [1.54, 1.807) is 0 Å². The van der Waals surface area contributed by atoms with Gasteiger partial charge in [0.25, 0.3) is 0 Å². The number of hydrogen-bond donors (Lipinski definition) is 2. The summed E-state index contributed by atoms with van der Waals surface area (Å²) in [5.41, 5.74) is 0. The summed E-state index contributed by atoms with van der Waals surface area (Å²) in [6.45, 7) is 11.5. The first-order valence-electron chi connectivity index (χ1n) is 8.63. The van der Waals surface area contributed by atoms with Crippen molar-refractivity contribution in [1.82, 2.24) is 20.4 Å². The fourth-order valence-corrected chi connectivity index (χ4v) is 2.57. The lowest BCUT2D eigenvalue weighted by molar-refractivity contribution is -0.122. The van der Waals surface area contributed by atoms with Crippen LogP contribution in [0.25, 0.3) is 0 Å². The zero-order valence-electron chi connectivity index (χ0n) is 14.2. The van der Waals surface area contributed by atoms with E-state index in [4.69, 9.17) is 0 Å². The van der Waals surface area contributed by atoms with Crippen molar-refractivity contribution >= 4 is 11.8 Å². The number of amides is 2. The summed E-state index contributed by atoms with van der Waals surface area (Å²) in [7, 11) is 0. The van der Waals surface area contributed by atoms with Gasteiger partial charge >= 0.3 is 0 Å². The summed E-state index contributed by atoms with van der Waals surface area (Å²) < 4.78 is 0. The average molecular weight is 312 g/mol. The first-order valence-corrected chi connectivity index (χ1v) is 8.63. The van der Waals surface area contributed by atoms with Crippen LogP contribution < -0.4 is 10.6 Å². The Balaban J connectivity index is 2.03. The van der Waals surface area contributed by atoms with Crippen molar-refractivity contribution < 1.29 is 9.59 Å². The molecule has 6 heteroatoms. The van der Waals surface area contributed by atoms with E-state index in [-0.39, 0.29) is 11.8 Å². The molecule has 6 nitrogen and oxygen atoms in total. The van der Waals surface area contributed by atoms with E-state index in [0.717, 1.165) is 65.2 Å². The molecule has 2 N–H and O–H groups in total. The van der Waals surface area contributed by atoms with E-state index >= 15 is 0 Å². The highest BCUT2D eigenvalue weighted by Gasteiger charge is 2.16. The minimum atomic E-state index is 0.156. The van der Waals surface area contributed by atoms with E-state index in [1.807, 2.05) is 13.8 Å². The first-order chi connectivity index (χ1) is 10.7. The number of nitrogens with zero attached hydrogens (tertiary/aromatic N) is 2. The Morgan fingerprint density at radius 2 is 1.14 bits per heavy atom. The molecule has 22 heavy (non-hydrogen) atoms. The van der Waals surface area contributed by atoms with Gasteiger partial charge in [-0.15, -0.1) is 0 Å². The number of hydrogen-bond acceptors (Lipinski definition) is 4. The standard InChI is InChI=1S/C16H32N4O2/c1-3-5-15(21)17-7-9-19-11-13-20(14-12-19)10-8-18-16(22)6-4-2/h3-14H2,1-2H3,(H,17,21)(H,18,22). The molecule has 0 aliphatic carbocycles. The highest BCUT2D eigenvalue weighted by Crippen LogP contribution is 2.00. The molecule has 1 heterocycles. The molecule has 0 bridgehead atoms. The number of carbonyl (C=O) groups excluding carboxylic acids is 2. The molecule has 1 fully saturated rings. The van der Waals surface area contributed by atoms with Crippen LogP contribution in [0, 0.1) is 0 Å². The SMILES string of the molecule is CCCC(=O)NCCN1CCN(CCNC(=O)CCC)CC1. The molecular formula is C16H32N4O2. The lowest BCUT2D eigenvalue weighted by Crippen LogP contribution is -2.49. The van der Waals surface area contributed by atoms with Crippen LogP contribution >= 0.6 is 0 Å². The molecular weight excluding hydrogens is 280 g/mol. The molecule has 0 saturated carbocycles. The van der Waals surface area contributed by atoms with Crippen molar-refractivity contribution in [3.8, 4) is 0 Å². The van der Waals surface area contributed by atoms with E-state index in [1.165, 1.54) is 0 Å². The highest BCUT2D eigenvalue weighted by molar-refractivity contribution is 5.76. The minimum Gasteiger partial charge on any atom is -0.355 e. The molecule has 1 saturated heterocycles. The lowest BCUT2D eigenvalue weighted by Gasteiger charge is -2.34. The van der Waals surface area contributed by atoms with Gasteiger partial charge in [-0.05, 0) is 12.8 Å². The fraction of sp³-hybridized carbons (Fsp3) is 0.875. The third-order valence-electron chi connectivity index (χ3n) is 3.92. The van der Waals surface area contributed by atoms with Crippen LogP contribution in [0.2, 0.25) is 0 Å². The molecule has 1 aliphatic rings. The van der Waals surface area contributed by atoms with Crippen molar-refractivity contribution in [1.29, 1.82) is 0 Å². The van der Waals surface area contributed by atoms with Crippen molar-refractivity contribution in [2.45, 2.75) is 39.5 Å². The molecule has 128 valence electrons. The van der Waals surface area contributed by atoms with Gasteiger partial charge in [0.1, 0.15) is 0 Å². The molecule has 0 radical (unpaired) electrons. The van der Waals surface area contributed by atoms with E-state index in [0.29, 0.717) is 12.8 Å². The minimum absolute atomic E-state index is 0.156. The zero-order chi connectivity index (χ0) is 16.2. The summed E-state index contributed by atoms with van der Waals surface area (Å²) in [5.74, 6) is 0.313. The van der Waals surface area contributed by atoms with Crippen molar-refractivity contribution in [2.75, 3.05) is 52.4 Å². The molecule has 0 aromatic carbocycles. The average Bonchev–Trinajstić information content (AvgIpc) is 2.49. The Morgan fingerprint density at radius 1 is 0.773 bits per heavy atom. The number of piperazine rings is 1. The van der Waals surface area contributed by atoms with Crippen LogP contribution in [0.1, 0.15) is 39.5 Å². The van der Waals surface area contributed by atoms with Crippen LogP contribution in [0.4, 0.5) is 0 Å². The molecule has 1 aliphatic heterocycles. The van der Waals surface area contributed by atoms with Crippen LogP contribution in [-0.4, -0.2) is 74.0 Å². The van der Waals surface area contributed by atoms with E-state index in [9.17, 15) is 9.59 Å². The second-order valence-corrected chi connectivity index (χ2v) is 5.88. The molecule has 0 unspecified atom stereocenters. The van der Waals surface area contributed by atoms with Gasteiger partial charge in [0.2, 0.25) is 11.8 Å². The van der Waals surface area contributed by atoms with Crippen LogP contribution in [0.15, 0.2) is 0 Å². The Hall–Kier alpha value is -1.14.